The van der Waals surface area contributed by atoms with Crippen LogP contribution in [0.5, 0.6) is 0 Å². The van der Waals surface area contributed by atoms with Gasteiger partial charge in [0.15, 0.2) is 0 Å². The first kappa shape index (κ1) is 25.9. The molecule has 2 fully saturated rings. The molecule has 182 valence electrons. The van der Waals surface area contributed by atoms with Crippen molar-refractivity contribution in [2.24, 2.45) is 11.8 Å². The molecule has 2 aliphatic rings. The molecule has 0 saturated heterocycles. The SMILES string of the molecule is CC(CC(=O)NC1CCC(NC(=O)NC2CCCCC2C)CC1)C(=O)N[C@H](C)CC(=O)O. The molecule has 2 aliphatic carbocycles. The van der Waals surface area contributed by atoms with Gasteiger partial charge in [-0.1, -0.05) is 26.7 Å². The van der Waals surface area contributed by atoms with Gasteiger partial charge in [-0.05, 0) is 51.4 Å². The molecule has 2 saturated carbocycles. The average molecular weight is 453 g/mol. The highest BCUT2D eigenvalue weighted by Gasteiger charge is 2.27. The van der Waals surface area contributed by atoms with E-state index in [1.807, 2.05) is 0 Å². The fourth-order valence-corrected chi connectivity index (χ4v) is 4.66. The molecule has 4 atom stereocenters. The quantitative estimate of drug-likeness (QED) is 0.366. The number of carbonyl (C=O) groups excluding carboxylic acids is 3. The van der Waals surface area contributed by atoms with Crippen LogP contribution >= 0.6 is 0 Å². The molecule has 0 aromatic rings. The number of carbonyl (C=O) groups is 4. The zero-order valence-corrected chi connectivity index (χ0v) is 19.6. The Labute approximate surface area is 190 Å². The number of carboxylic acid groups (broad SMARTS) is 1. The van der Waals surface area contributed by atoms with E-state index in [2.05, 4.69) is 28.2 Å². The third-order valence-electron chi connectivity index (χ3n) is 6.66. The molecule has 9 heteroatoms. The van der Waals surface area contributed by atoms with Crippen LogP contribution in [0, 0.1) is 11.8 Å². The summed E-state index contributed by atoms with van der Waals surface area (Å²) in [6, 6.07) is -0.156. The van der Waals surface area contributed by atoms with Crippen molar-refractivity contribution in [1.82, 2.24) is 21.3 Å². The molecule has 5 N–H and O–H groups in total. The number of amides is 4. The number of hydrogen-bond acceptors (Lipinski definition) is 4. The van der Waals surface area contributed by atoms with Crippen LogP contribution in [-0.4, -0.2) is 53.1 Å². The third kappa shape index (κ3) is 9.04. The zero-order valence-electron chi connectivity index (χ0n) is 19.6. The lowest BCUT2D eigenvalue weighted by molar-refractivity contribution is -0.138. The van der Waals surface area contributed by atoms with E-state index in [1.54, 1.807) is 13.8 Å². The number of nitrogens with one attached hydrogen (secondary N) is 4. The second kappa shape index (κ2) is 12.6. The number of rotatable bonds is 9. The number of carboxylic acids is 1. The van der Waals surface area contributed by atoms with Crippen molar-refractivity contribution >= 4 is 23.8 Å². The van der Waals surface area contributed by atoms with Gasteiger partial charge in [-0.2, -0.15) is 0 Å². The van der Waals surface area contributed by atoms with E-state index in [0.29, 0.717) is 5.92 Å². The minimum absolute atomic E-state index is 0.0446. The van der Waals surface area contributed by atoms with Gasteiger partial charge >= 0.3 is 12.0 Å². The van der Waals surface area contributed by atoms with Crippen LogP contribution < -0.4 is 21.3 Å². The summed E-state index contributed by atoms with van der Waals surface area (Å²) in [5.41, 5.74) is 0. The maximum absolute atomic E-state index is 12.3. The van der Waals surface area contributed by atoms with Gasteiger partial charge < -0.3 is 26.4 Å². The van der Waals surface area contributed by atoms with E-state index in [4.69, 9.17) is 5.11 Å². The first-order chi connectivity index (χ1) is 15.1. The Morgan fingerprint density at radius 3 is 2.03 bits per heavy atom. The lowest BCUT2D eigenvalue weighted by Gasteiger charge is -2.32. The zero-order chi connectivity index (χ0) is 23.7. The molecule has 0 bridgehead atoms. The highest BCUT2D eigenvalue weighted by molar-refractivity contribution is 5.86. The molecule has 9 nitrogen and oxygen atoms in total. The van der Waals surface area contributed by atoms with Crippen LogP contribution in [0.3, 0.4) is 0 Å². The average Bonchev–Trinajstić information content (AvgIpc) is 2.70. The Hall–Kier alpha value is -2.32. The van der Waals surface area contributed by atoms with Crippen LogP contribution in [0.4, 0.5) is 4.79 Å². The maximum Gasteiger partial charge on any atom is 0.315 e. The largest absolute Gasteiger partial charge is 0.481 e. The van der Waals surface area contributed by atoms with Crippen molar-refractivity contribution in [2.45, 2.75) is 109 Å². The van der Waals surface area contributed by atoms with Crippen LogP contribution in [0.1, 0.15) is 85.0 Å². The first-order valence-electron chi connectivity index (χ1n) is 12.0. The van der Waals surface area contributed by atoms with E-state index in [1.165, 1.54) is 12.8 Å². The summed E-state index contributed by atoms with van der Waals surface area (Å²) in [7, 11) is 0. The van der Waals surface area contributed by atoms with Crippen molar-refractivity contribution < 1.29 is 24.3 Å². The highest BCUT2D eigenvalue weighted by atomic mass is 16.4. The van der Waals surface area contributed by atoms with Gasteiger partial charge in [-0.3, -0.25) is 14.4 Å². The minimum atomic E-state index is -0.977. The fourth-order valence-electron chi connectivity index (χ4n) is 4.66. The summed E-state index contributed by atoms with van der Waals surface area (Å²) in [5.74, 6) is -1.49. The molecule has 0 aliphatic heterocycles. The molecule has 0 radical (unpaired) electrons. The summed E-state index contributed by atoms with van der Waals surface area (Å²) in [6.07, 6.45) is 7.71. The van der Waals surface area contributed by atoms with Crippen LogP contribution in [0.25, 0.3) is 0 Å². The van der Waals surface area contributed by atoms with Crippen molar-refractivity contribution in [1.29, 1.82) is 0 Å². The first-order valence-corrected chi connectivity index (χ1v) is 12.0. The fraction of sp³-hybridized carbons (Fsp3) is 0.826. The van der Waals surface area contributed by atoms with E-state index in [-0.39, 0.29) is 48.8 Å². The Kier molecular flexibility index (Phi) is 10.3. The Balaban J connectivity index is 1.64. The van der Waals surface area contributed by atoms with Gasteiger partial charge in [-0.25, -0.2) is 4.79 Å². The summed E-state index contributed by atoms with van der Waals surface area (Å²) >= 11 is 0. The van der Waals surface area contributed by atoms with Gasteiger partial charge in [0.25, 0.3) is 0 Å². The molecule has 0 spiro atoms. The Bertz CT molecular complexity index is 663. The van der Waals surface area contributed by atoms with Crippen molar-refractivity contribution in [3.05, 3.63) is 0 Å². The van der Waals surface area contributed by atoms with Gasteiger partial charge in [0.05, 0.1) is 6.42 Å². The normalized spacial score (nSPS) is 27.5. The molecule has 0 heterocycles. The lowest BCUT2D eigenvalue weighted by atomic mass is 9.86. The molecule has 0 aromatic carbocycles. The summed E-state index contributed by atoms with van der Waals surface area (Å²) in [5, 5.41) is 20.6. The third-order valence-corrected chi connectivity index (χ3v) is 6.66. The molecule has 3 unspecified atom stereocenters. The number of aliphatic carboxylic acids is 1. The second-order valence-corrected chi connectivity index (χ2v) is 9.71. The van der Waals surface area contributed by atoms with E-state index in [0.717, 1.165) is 38.5 Å². The Morgan fingerprint density at radius 2 is 1.44 bits per heavy atom. The van der Waals surface area contributed by atoms with Crippen LogP contribution in [0.2, 0.25) is 0 Å². The monoisotopic (exact) mass is 452 g/mol. The van der Waals surface area contributed by atoms with Crippen molar-refractivity contribution in [2.75, 3.05) is 0 Å². The lowest BCUT2D eigenvalue weighted by Crippen LogP contribution is -2.51. The van der Waals surface area contributed by atoms with E-state index < -0.39 is 17.9 Å². The van der Waals surface area contributed by atoms with Crippen LogP contribution in [-0.2, 0) is 14.4 Å². The molecule has 2 rings (SSSR count). The van der Waals surface area contributed by atoms with Gasteiger partial charge in [0.2, 0.25) is 11.8 Å². The van der Waals surface area contributed by atoms with Gasteiger partial charge in [0.1, 0.15) is 0 Å². The number of urea groups is 1. The topological polar surface area (TPSA) is 137 Å². The second-order valence-electron chi connectivity index (χ2n) is 9.71. The predicted molar refractivity (Wildman–Crippen MR) is 121 cm³/mol. The molecular weight excluding hydrogens is 412 g/mol. The molecule has 0 aromatic heterocycles. The van der Waals surface area contributed by atoms with E-state index in [9.17, 15) is 19.2 Å². The predicted octanol–water partition coefficient (Wildman–Crippen LogP) is 2.30. The maximum atomic E-state index is 12.3. The minimum Gasteiger partial charge on any atom is -0.481 e. The Morgan fingerprint density at radius 1 is 0.844 bits per heavy atom. The smallest absolute Gasteiger partial charge is 0.315 e. The summed E-state index contributed by atoms with van der Waals surface area (Å²) in [4.78, 5) is 47.5. The molecular formula is C23H40N4O5. The summed E-state index contributed by atoms with van der Waals surface area (Å²) < 4.78 is 0. The van der Waals surface area contributed by atoms with Crippen molar-refractivity contribution in [3.63, 3.8) is 0 Å². The van der Waals surface area contributed by atoms with Crippen molar-refractivity contribution in [3.8, 4) is 0 Å². The van der Waals surface area contributed by atoms with Gasteiger partial charge in [0, 0.05) is 36.5 Å². The van der Waals surface area contributed by atoms with Gasteiger partial charge in [-0.15, -0.1) is 0 Å². The number of hydrogen-bond donors (Lipinski definition) is 5. The molecule has 32 heavy (non-hydrogen) atoms. The standard InChI is InChI=1S/C23H40N4O5/c1-14-6-4-5-7-19(14)27-23(32)26-18-10-8-17(9-11-18)25-20(28)12-15(2)22(31)24-16(3)13-21(29)30/h14-19H,4-13H2,1-3H3,(H,24,31)(H,25,28)(H,29,30)(H2,26,27,32)/t14?,15?,16-,17?,18?,19?/m1/s1. The van der Waals surface area contributed by atoms with E-state index >= 15 is 0 Å². The highest BCUT2D eigenvalue weighted by Crippen LogP contribution is 2.24. The van der Waals surface area contributed by atoms with Crippen LogP contribution in [0.15, 0.2) is 0 Å². The summed E-state index contributed by atoms with van der Waals surface area (Å²) in [6.45, 7) is 5.48. The molecule has 4 amide bonds.